The number of likely N-dealkylation sites (tertiary alicyclic amines) is 1. The normalized spacial score (nSPS) is 31.3. The maximum atomic E-state index is 11.9. The molecule has 0 aromatic rings. The monoisotopic (exact) mass is 209 g/mol. The Balaban J connectivity index is 1.88. The fourth-order valence-corrected chi connectivity index (χ4v) is 2.37. The van der Waals surface area contributed by atoms with Gasteiger partial charge < -0.3 is 4.90 Å². The summed E-state index contributed by atoms with van der Waals surface area (Å²) in [5, 5.41) is 0. The molecule has 86 valence electrons. The standard InChI is InChI=1S/C13H23NO/c1-10(2)13(3)6-7-14(9-13)12(15)8-11-4-5-11/h10-11H,4-9H2,1-3H3/t13-/m1/s1. The summed E-state index contributed by atoms with van der Waals surface area (Å²) < 4.78 is 0. The van der Waals surface area contributed by atoms with Gasteiger partial charge >= 0.3 is 0 Å². The van der Waals surface area contributed by atoms with Gasteiger partial charge in [-0.05, 0) is 36.5 Å². The number of amides is 1. The third kappa shape index (κ3) is 2.35. The average molecular weight is 209 g/mol. The fourth-order valence-electron chi connectivity index (χ4n) is 2.37. The van der Waals surface area contributed by atoms with Gasteiger partial charge in [-0.25, -0.2) is 0 Å². The van der Waals surface area contributed by atoms with Crippen LogP contribution in [0.5, 0.6) is 0 Å². The molecule has 0 bridgehead atoms. The van der Waals surface area contributed by atoms with E-state index in [1.807, 2.05) is 0 Å². The average Bonchev–Trinajstić information content (AvgIpc) is 2.87. The lowest BCUT2D eigenvalue weighted by Gasteiger charge is -2.28. The third-order valence-electron chi connectivity index (χ3n) is 4.41. The maximum absolute atomic E-state index is 11.9. The van der Waals surface area contributed by atoms with Crippen LogP contribution in [0.15, 0.2) is 0 Å². The van der Waals surface area contributed by atoms with Crippen molar-refractivity contribution in [2.75, 3.05) is 13.1 Å². The molecular weight excluding hydrogens is 186 g/mol. The van der Waals surface area contributed by atoms with E-state index < -0.39 is 0 Å². The summed E-state index contributed by atoms with van der Waals surface area (Å²) in [4.78, 5) is 14.0. The molecule has 0 N–H and O–H groups in total. The largest absolute Gasteiger partial charge is 0.342 e. The molecule has 1 saturated heterocycles. The molecule has 0 unspecified atom stereocenters. The predicted octanol–water partition coefficient (Wildman–Crippen LogP) is 2.68. The minimum Gasteiger partial charge on any atom is -0.342 e. The summed E-state index contributed by atoms with van der Waals surface area (Å²) in [7, 11) is 0. The summed E-state index contributed by atoms with van der Waals surface area (Å²) in [6, 6.07) is 0. The SMILES string of the molecule is CC(C)[C@]1(C)CCN(C(=O)CC2CC2)C1. The fraction of sp³-hybridized carbons (Fsp3) is 0.923. The number of rotatable bonds is 3. The zero-order valence-corrected chi connectivity index (χ0v) is 10.3. The second-order valence-corrected chi connectivity index (χ2v) is 6.02. The lowest BCUT2D eigenvalue weighted by atomic mass is 9.78. The molecular formula is C13H23NO. The van der Waals surface area contributed by atoms with Crippen LogP contribution in [0.25, 0.3) is 0 Å². The van der Waals surface area contributed by atoms with E-state index in [1.165, 1.54) is 19.3 Å². The van der Waals surface area contributed by atoms with Crippen LogP contribution in [0, 0.1) is 17.3 Å². The molecule has 0 aromatic carbocycles. The smallest absolute Gasteiger partial charge is 0.222 e. The van der Waals surface area contributed by atoms with Crippen molar-refractivity contribution in [3.8, 4) is 0 Å². The van der Waals surface area contributed by atoms with Crippen molar-refractivity contribution in [1.82, 2.24) is 4.90 Å². The zero-order chi connectivity index (χ0) is 11.1. The van der Waals surface area contributed by atoms with Gasteiger partial charge in [0.1, 0.15) is 0 Å². The molecule has 15 heavy (non-hydrogen) atoms. The molecule has 1 aliphatic carbocycles. The first-order valence-electron chi connectivity index (χ1n) is 6.29. The lowest BCUT2D eigenvalue weighted by molar-refractivity contribution is -0.131. The van der Waals surface area contributed by atoms with Crippen molar-refractivity contribution in [1.29, 1.82) is 0 Å². The second-order valence-electron chi connectivity index (χ2n) is 6.02. The molecule has 1 heterocycles. The highest BCUT2D eigenvalue weighted by Gasteiger charge is 2.39. The van der Waals surface area contributed by atoms with E-state index in [4.69, 9.17) is 0 Å². The Morgan fingerprint density at radius 1 is 1.47 bits per heavy atom. The van der Waals surface area contributed by atoms with E-state index >= 15 is 0 Å². The van der Waals surface area contributed by atoms with Gasteiger partial charge in [-0.15, -0.1) is 0 Å². The van der Waals surface area contributed by atoms with Crippen molar-refractivity contribution >= 4 is 5.91 Å². The van der Waals surface area contributed by atoms with Gasteiger partial charge in [0.2, 0.25) is 5.91 Å². The van der Waals surface area contributed by atoms with E-state index in [2.05, 4.69) is 25.7 Å². The third-order valence-corrected chi connectivity index (χ3v) is 4.41. The van der Waals surface area contributed by atoms with Crippen molar-refractivity contribution in [2.24, 2.45) is 17.3 Å². The molecule has 2 fully saturated rings. The van der Waals surface area contributed by atoms with Crippen molar-refractivity contribution < 1.29 is 4.79 Å². The van der Waals surface area contributed by atoms with Crippen molar-refractivity contribution in [3.63, 3.8) is 0 Å². The number of hydrogen-bond donors (Lipinski definition) is 0. The minimum atomic E-state index is 0.360. The van der Waals surface area contributed by atoms with E-state index in [9.17, 15) is 4.79 Å². The lowest BCUT2D eigenvalue weighted by Crippen LogP contribution is -2.33. The Kier molecular flexibility index (Phi) is 2.78. The van der Waals surface area contributed by atoms with Crippen molar-refractivity contribution in [2.45, 2.75) is 46.5 Å². The van der Waals surface area contributed by atoms with Gasteiger partial charge in [0.25, 0.3) is 0 Å². The molecule has 1 aliphatic heterocycles. The molecule has 2 heteroatoms. The first-order valence-corrected chi connectivity index (χ1v) is 6.29. The summed E-state index contributed by atoms with van der Waals surface area (Å²) >= 11 is 0. The van der Waals surface area contributed by atoms with Crippen LogP contribution < -0.4 is 0 Å². The summed E-state index contributed by atoms with van der Waals surface area (Å²) in [5.41, 5.74) is 0.360. The van der Waals surface area contributed by atoms with Gasteiger partial charge in [-0.2, -0.15) is 0 Å². The molecule has 1 amide bonds. The van der Waals surface area contributed by atoms with Gasteiger partial charge in [0, 0.05) is 19.5 Å². The van der Waals surface area contributed by atoms with Gasteiger partial charge in [-0.1, -0.05) is 20.8 Å². The highest BCUT2D eigenvalue weighted by molar-refractivity contribution is 5.77. The van der Waals surface area contributed by atoms with Gasteiger partial charge in [-0.3, -0.25) is 4.79 Å². The topological polar surface area (TPSA) is 20.3 Å². The first kappa shape index (κ1) is 11.0. The van der Waals surface area contributed by atoms with Crippen LogP contribution in [-0.4, -0.2) is 23.9 Å². The highest BCUT2D eigenvalue weighted by atomic mass is 16.2. The van der Waals surface area contributed by atoms with Crippen LogP contribution in [0.4, 0.5) is 0 Å². The predicted molar refractivity (Wildman–Crippen MR) is 61.5 cm³/mol. The van der Waals surface area contributed by atoms with E-state index in [0.717, 1.165) is 25.4 Å². The Morgan fingerprint density at radius 3 is 2.60 bits per heavy atom. The van der Waals surface area contributed by atoms with E-state index in [0.29, 0.717) is 17.2 Å². The summed E-state index contributed by atoms with van der Waals surface area (Å²) in [6.07, 6.45) is 4.55. The number of hydrogen-bond acceptors (Lipinski definition) is 1. The quantitative estimate of drug-likeness (QED) is 0.700. The summed E-state index contributed by atoms with van der Waals surface area (Å²) in [5.74, 6) is 1.81. The van der Waals surface area contributed by atoms with Gasteiger partial charge in [0.05, 0.1) is 0 Å². The summed E-state index contributed by atoms with van der Waals surface area (Å²) in [6.45, 7) is 8.84. The molecule has 0 aromatic heterocycles. The van der Waals surface area contributed by atoms with Crippen LogP contribution >= 0.6 is 0 Å². The molecule has 2 aliphatic rings. The van der Waals surface area contributed by atoms with Crippen molar-refractivity contribution in [3.05, 3.63) is 0 Å². The van der Waals surface area contributed by atoms with E-state index in [1.54, 1.807) is 0 Å². The van der Waals surface area contributed by atoms with Crippen LogP contribution in [-0.2, 0) is 4.79 Å². The minimum absolute atomic E-state index is 0.360. The number of carbonyl (C=O) groups is 1. The Labute approximate surface area is 93.0 Å². The molecule has 1 atom stereocenters. The molecule has 2 rings (SSSR count). The Bertz CT molecular complexity index is 257. The highest BCUT2D eigenvalue weighted by Crippen LogP contribution is 2.39. The first-order chi connectivity index (χ1) is 7.01. The molecule has 0 radical (unpaired) electrons. The zero-order valence-electron chi connectivity index (χ0n) is 10.3. The molecule has 2 nitrogen and oxygen atoms in total. The maximum Gasteiger partial charge on any atom is 0.222 e. The van der Waals surface area contributed by atoms with Crippen LogP contribution in [0.2, 0.25) is 0 Å². The Morgan fingerprint density at radius 2 is 2.13 bits per heavy atom. The Hall–Kier alpha value is -0.530. The van der Waals surface area contributed by atoms with Gasteiger partial charge in [0.15, 0.2) is 0 Å². The van der Waals surface area contributed by atoms with E-state index in [-0.39, 0.29) is 0 Å². The number of carbonyl (C=O) groups excluding carboxylic acids is 1. The molecule has 1 saturated carbocycles. The van der Waals surface area contributed by atoms with Crippen LogP contribution in [0.1, 0.15) is 46.5 Å². The number of nitrogens with zero attached hydrogens (tertiary/aromatic N) is 1. The molecule has 0 spiro atoms. The van der Waals surface area contributed by atoms with Crippen LogP contribution in [0.3, 0.4) is 0 Å². The second kappa shape index (κ2) is 3.80.